The van der Waals surface area contributed by atoms with Gasteiger partial charge in [-0.1, -0.05) is 19.3 Å². The van der Waals surface area contributed by atoms with Gasteiger partial charge in [-0.2, -0.15) is 0 Å². The van der Waals surface area contributed by atoms with E-state index in [2.05, 4.69) is 4.90 Å². The zero-order chi connectivity index (χ0) is 12.8. The van der Waals surface area contributed by atoms with Gasteiger partial charge in [-0.3, -0.25) is 9.69 Å². The highest BCUT2D eigenvalue weighted by atomic mass is 16.5. The minimum absolute atomic E-state index is 0.0000246. The number of hydrogen-bond donors (Lipinski definition) is 0. The highest BCUT2D eigenvalue weighted by molar-refractivity contribution is 5.70. The second-order valence-corrected chi connectivity index (χ2v) is 5.72. The van der Waals surface area contributed by atoms with Crippen molar-refractivity contribution in [3.63, 3.8) is 0 Å². The molecule has 1 aliphatic carbocycles. The van der Waals surface area contributed by atoms with Gasteiger partial charge >= 0.3 is 5.97 Å². The van der Waals surface area contributed by atoms with E-state index >= 15 is 0 Å². The predicted octanol–water partition coefficient (Wildman–Crippen LogP) is 2.98. The van der Waals surface area contributed by atoms with Crippen molar-refractivity contribution < 1.29 is 9.53 Å². The Balaban J connectivity index is 1.94. The van der Waals surface area contributed by atoms with Gasteiger partial charge in [0.2, 0.25) is 0 Å². The average Bonchev–Trinajstić information content (AvgIpc) is 2.91. The Morgan fingerprint density at radius 3 is 2.44 bits per heavy atom. The minimum Gasteiger partial charge on any atom is -0.466 e. The molecule has 0 amide bonds. The van der Waals surface area contributed by atoms with Gasteiger partial charge in [-0.15, -0.1) is 0 Å². The molecule has 1 saturated heterocycles. The number of carbonyl (C=O) groups excluding carboxylic acids is 1. The fraction of sp³-hybridized carbons (Fsp3) is 0.933. The van der Waals surface area contributed by atoms with E-state index in [9.17, 15) is 4.79 Å². The second-order valence-electron chi connectivity index (χ2n) is 5.72. The molecule has 2 rings (SSSR count). The number of rotatable bonds is 5. The number of ether oxygens (including phenoxy) is 1. The van der Waals surface area contributed by atoms with E-state index in [-0.39, 0.29) is 5.97 Å². The summed E-state index contributed by atoms with van der Waals surface area (Å²) in [6.45, 7) is 4.76. The summed E-state index contributed by atoms with van der Waals surface area (Å²) >= 11 is 0. The van der Waals surface area contributed by atoms with Crippen LogP contribution in [0.2, 0.25) is 0 Å². The molecule has 1 saturated carbocycles. The van der Waals surface area contributed by atoms with Crippen LogP contribution in [0.4, 0.5) is 0 Å². The fourth-order valence-corrected chi connectivity index (χ4v) is 3.58. The molecule has 0 bridgehead atoms. The molecular weight excluding hydrogens is 226 g/mol. The van der Waals surface area contributed by atoms with Crippen molar-refractivity contribution in [1.82, 2.24) is 4.90 Å². The Morgan fingerprint density at radius 2 is 1.83 bits per heavy atom. The van der Waals surface area contributed by atoms with Gasteiger partial charge in [-0.25, -0.2) is 0 Å². The number of esters is 1. The van der Waals surface area contributed by atoms with E-state index in [1.54, 1.807) is 0 Å². The summed E-state index contributed by atoms with van der Waals surface area (Å²) in [5, 5.41) is 0. The van der Waals surface area contributed by atoms with E-state index in [0.29, 0.717) is 19.1 Å². The maximum atomic E-state index is 11.8. The topological polar surface area (TPSA) is 29.5 Å². The Hall–Kier alpha value is -0.570. The first-order chi connectivity index (χ1) is 8.81. The molecule has 1 heterocycles. The Morgan fingerprint density at radius 1 is 1.17 bits per heavy atom. The lowest BCUT2D eigenvalue weighted by atomic mass is 9.82. The normalized spacial score (nSPS) is 24.1. The van der Waals surface area contributed by atoms with Crippen molar-refractivity contribution in [2.75, 3.05) is 19.7 Å². The molecule has 2 fully saturated rings. The summed E-state index contributed by atoms with van der Waals surface area (Å²) in [6.07, 6.45) is 9.88. The van der Waals surface area contributed by atoms with Crippen molar-refractivity contribution in [2.24, 2.45) is 5.92 Å². The first-order valence-corrected chi connectivity index (χ1v) is 7.71. The van der Waals surface area contributed by atoms with Crippen molar-refractivity contribution in [3.8, 4) is 0 Å². The first kappa shape index (κ1) is 13.9. The van der Waals surface area contributed by atoms with Crippen LogP contribution in [0.25, 0.3) is 0 Å². The van der Waals surface area contributed by atoms with Gasteiger partial charge in [-0.05, 0) is 51.6 Å². The van der Waals surface area contributed by atoms with Gasteiger partial charge in [0.15, 0.2) is 0 Å². The molecule has 3 nitrogen and oxygen atoms in total. The van der Waals surface area contributed by atoms with Crippen molar-refractivity contribution in [1.29, 1.82) is 0 Å². The third-order valence-electron chi connectivity index (χ3n) is 4.48. The summed E-state index contributed by atoms with van der Waals surface area (Å²) in [7, 11) is 0. The molecule has 104 valence electrons. The fourth-order valence-electron chi connectivity index (χ4n) is 3.58. The maximum absolute atomic E-state index is 11.8. The van der Waals surface area contributed by atoms with Crippen LogP contribution in [-0.4, -0.2) is 36.6 Å². The lowest BCUT2D eigenvalue weighted by Gasteiger charge is -2.36. The zero-order valence-corrected chi connectivity index (χ0v) is 11.7. The van der Waals surface area contributed by atoms with Gasteiger partial charge < -0.3 is 4.74 Å². The van der Waals surface area contributed by atoms with Gasteiger partial charge in [0.25, 0.3) is 0 Å². The molecule has 1 aliphatic heterocycles. The zero-order valence-electron chi connectivity index (χ0n) is 11.7. The van der Waals surface area contributed by atoms with Crippen molar-refractivity contribution >= 4 is 5.97 Å². The summed E-state index contributed by atoms with van der Waals surface area (Å²) < 4.78 is 5.16. The molecular formula is C15H27NO2. The van der Waals surface area contributed by atoms with Gasteiger partial charge in [0.1, 0.15) is 0 Å². The maximum Gasteiger partial charge on any atom is 0.307 e. The molecule has 0 aromatic carbocycles. The van der Waals surface area contributed by atoms with Crippen molar-refractivity contribution in [2.45, 2.75) is 64.3 Å². The van der Waals surface area contributed by atoms with E-state index < -0.39 is 0 Å². The molecule has 0 radical (unpaired) electrons. The van der Waals surface area contributed by atoms with Gasteiger partial charge in [0, 0.05) is 6.04 Å². The second kappa shape index (κ2) is 7.13. The lowest BCUT2D eigenvalue weighted by Crippen LogP contribution is -2.41. The Bertz CT molecular complexity index is 255. The smallest absolute Gasteiger partial charge is 0.307 e. The summed E-state index contributed by atoms with van der Waals surface area (Å²) in [5.74, 6) is 0.723. The van der Waals surface area contributed by atoms with Crippen LogP contribution in [0.5, 0.6) is 0 Å². The van der Waals surface area contributed by atoms with E-state index in [1.165, 1.54) is 58.0 Å². The molecule has 0 aromatic heterocycles. The van der Waals surface area contributed by atoms with Crippen LogP contribution in [0.1, 0.15) is 58.3 Å². The van der Waals surface area contributed by atoms with Crippen LogP contribution in [0, 0.1) is 5.92 Å². The third-order valence-corrected chi connectivity index (χ3v) is 4.48. The quantitative estimate of drug-likeness (QED) is 0.705. The van der Waals surface area contributed by atoms with Crippen LogP contribution in [-0.2, 0) is 9.53 Å². The molecule has 0 N–H and O–H groups in total. The highest BCUT2D eigenvalue weighted by Gasteiger charge is 2.32. The van der Waals surface area contributed by atoms with E-state index in [4.69, 9.17) is 4.74 Å². The molecule has 1 atom stereocenters. The largest absolute Gasteiger partial charge is 0.466 e. The standard InChI is InChI=1S/C15H27NO2/c1-2-18-15(17)12-14(16-10-6-7-11-16)13-8-4-3-5-9-13/h13-14H,2-12H2,1H3. The number of likely N-dealkylation sites (tertiary alicyclic amines) is 1. The highest BCUT2D eigenvalue weighted by Crippen LogP contribution is 2.32. The van der Waals surface area contributed by atoms with Crippen LogP contribution < -0.4 is 0 Å². The van der Waals surface area contributed by atoms with Crippen molar-refractivity contribution in [3.05, 3.63) is 0 Å². The van der Waals surface area contributed by atoms with Crippen LogP contribution in [0.3, 0.4) is 0 Å². The first-order valence-electron chi connectivity index (χ1n) is 7.71. The monoisotopic (exact) mass is 253 g/mol. The predicted molar refractivity (Wildman–Crippen MR) is 72.4 cm³/mol. The van der Waals surface area contributed by atoms with Crippen LogP contribution in [0.15, 0.2) is 0 Å². The Labute approximate surface area is 111 Å². The summed E-state index contributed by atoms with van der Waals surface area (Å²) in [6, 6.07) is 0.451. The number of hydrogen-bond acceptors (Lipinski definition) is 3. The lowest BCUT2D eigenvalue weighted by molar-refractivity contribution is -0.145. The molecule has 0 aromatic rings. The Kier molecular flexibility index (Phi) is 5.48. The average molecular weight is 253 g/mol. The molecule has 2 aliphatic rings. The summed E-state index contributed by atoms with van der Waals surface area (Å²) in [5.41, 5.74) is 0. The molecule has 3 heteroatoms. The third kappa shape index (κ3) is 3.71. The molecule has 0 spiro atoms. The molecule has 1 unspecified atom stereocenters. The van der Waals surface area contributed by atoms with E-state index in [1.807, 2.05) is 6.92 Å². The number of nitrogens with zero attached hydrogens (tertiary/aromatic N) is 1. The number of carbonyl (C=O) groups is 1. The van der Waals surface area contributed by atoms with E-state index in [0.717, 1.165) is 5.92 Å². The SMILES string of the molecule is CCOC(=O)CC(C1CCCCC1)N1CCCC1. The summed E-state index contributed by atoms with van der Waals surface area (Å²) in [4.78, 5) is 14.4. The van der Waals surface area contributed by atoms with Gasteiger partial charge in [0.05, 0.1) is 13.0 Å². The van der Waals surface area contributed by atoms with Crippen LogP contribution >= 0.6 is 0 Å². The minimum atomic E-state index is -0.0000246. The molecule has 18 heavy (non-hydrogen) atoms.